The van der Waals surface area contributed by atoms with Gasteiger partial charge in [-0.05, 0) is 37.1 Å². The molecule has 5 rings (SSSR count). The zero-order chi connectivity index (χ0) is 31.4. The molecule has 0 saturated carbocycles. The lowest BCUT2D eigenvalue weighted by Crippen LogP contribution is -2.19. The zero-order valence-electron chi connectivity index (χ0n) is 24.9. The molecule has 44 heavy (non-hydrogen) atoms. The Labute approximate surface area is 257 Å². The van der Waals surface area contributed by atoms with Gasteiger partial charge in [-0.2, -0.15) is 0 Å². The number of unbranched alkanes of at least 4 members (excludes halogenated alkanes) is 2. The lowest BCUT2D eigenvalue weighted by molar-refractivity contribution is 0.382. The third-order valence-electron chi connectivity index (χ3n) is 7.84. The fourth-order valence-electron chi connectivity index (χ4n) is 5.57. The summed E-state index contributed by atoms with van der Waals surface area (Å²) in [6.45, 7) is 5.46. The molecule has 0 saturated heterocycles. The number of aliphatic hydroxyl groups is 2. The number of para-hydroxylation sites is 2. The van der Waals surface area contributed by atoms with Crippen LogP contribution in [-0.2, 0) is 0 Å². The maximum absolute atomic E-state index is 11.1. The summed E-state index contributed by atoms with van der Waals surface area (Å²) in [6, 6.07) is 25.1. The number of rotatable bonds is 12. The number of hydrogen-bond donors (Lipinski definition) is 6. The van der Waals surface area contributed by atoms with Gasteiger partial charge < -0.3 is 40.4 Å². The van der Waals surface area contributed by atoms with E-state index < -0.39 is 11.5 Å². The van der Waals surface area contributed by atoms with Crippen molar-refractivity contribution in [3.63, 3.8) is 0 Å². The highest BCUT2D eigenvalue weighted by Crippen LogP contribution is 2.54. The smallest absolute Gasteiger partial charge is 0.139 e. The number of anilines is 4. The van der Waals surface area contributed by atoms with Gasteiger partial charge in [0.05, 0.1) is 22.3 Å². The molecule has 4 aromatic rings. The molecule has 0 unspecified atom stereocenters. The van der Waals surface area contributed by atoms with Crippen LogP contribution in [-0.4, -0.2) is 43.7 Å². The first kappa shape index (κ1) is 30.2. The van der Waals surface area contributed by atoms with Gasteiger partial charge in [-0.15, -0.1) is 0 Å². The van der Waals surface area contributed by atoms with Crippen molar-refractivity contribution in [2.75, 3.05) is 22.9 Å². The number of aliphatic hydroxyl groups excluding tert-OH is 2. The van der Waals surface area contributed by atoms with E-state index in [-0.39, 0.29) is 45.3 Å². The molecule has 1 aliphatic rings. The van der Waals surface area contributed by atoms with Crippen LogP contribution < -0.4 is 9.80 Å². The Hall–Kier alpha value is -5.24. The molecular formula is C36H38N2O6. The molecule has 0 aromatic heterocycles. The monoisotopic (exact) mass is 594 g/mol. The molecule has 0 aliphatic heterocycles. The van der Waals surface area contributed by atoms with Crippen molar-refractivity contribution in [3.8, 4) is 23.0 Å². The second-order valence-corrected chi connectivity index (χ2v) is 10.8. The Morgan fingerprint density at radius 2 is 0.773 bits per heavy atom. The largest absolute Gasteiger partial charge is 0.507 e. The van der Waals surface area contributed by atoms with Crippen molar-refractivity contribution in [2.24, 2.45) is 0 Å². The summed E-state index contributed by atoms with van der Waals surface area (Å²) in [4.78, 5) is 3.94. The second kappa shape index (κ2) is 13.0. The van der Waals surface area contributed by atoms with Crippen LogP contribution in [0, 0.1) is 0 Å². The maximum Gasteiger partial charge on any atom is 0.139 e. The van der Waals surface area contributed by atoms with Gasteiger partial charge >= 0.3 is 0 Å². The van der Waals surface area contributed by atoms with E-state index in [2.05, 4.69) is 13.8 Å². The number of allylic oxidation sites excluding steroid dienone is 2. The minimum absolute atomic E-state index is 0.151. The fourth-order valence-corrected chi connectivity index (χ4v) is 5.57. The van der Waals surface area contributed by atoms with Crippen molar-refractivity contribution in [1.29, 1.82) is 0 Å². The van der Waals surface area contributed by atoms with Crippen molar-refractivity contribution in [1.82, 2.24) is 0 Å². The molecule has 8 nitrogen and oxygen atoms in total. The van der Waals surface area contributed by atoms with E-state index in [1.165, 1.54) is 24.3 Å². The topological polar surface area (TPSA) is 128 Å². The summed E-state index contributed by atoms with van der Waals surface area (Å²) in [7, 11) is 0. The van der Waals surface area contributed by atoms with Gasteiger partial charge in [-0.3, -0.25) is 0 Å². The molecule has 228 valence electrons. The summed E-state index contributed by atoms with van der Waals surface area (Å²) in [5, 5.41) is 66.3. The first-order valence-corrected chi connectivity index (χ1v) is 14.9. The number of hydrogen-bond acceptors (Lipinski definition) is 8. The van der Waals surface area contributed by atoms with Gasteiger partial charge in [0.1, 0.15) is 34.5 Å². The van der Waals surface area contributed by atoms with Crippen LogP contribution in [0.25, 0.3) is 11.1 Å². The van der Waals surface area contributed by atoms with Crippen LogP contribution in [0.15, 0.2) is 96.4 Å². The molecular weight excluding hydrogens is 556 g/mol. The first-order valence-electron chi connectivity index (χ1n) is 14.9. The molecule has 0 fully saturated rings. The fraction of sp³-hybridized carbons (Fsp3) is 0.222. The summed E-state index contributed by atoms with van der Waals surface area (Å²) in [6.07, 6.45) is 3.66. The average molecular weight is 595 g/mol. The Balaban J connectivity index is 1.49. The summed E-state index contributed by atoms with van der Waals surface area (Å²) >= 11 is 0. The van der Waals surface area contributed by atoms with Crippen molar-refractivity contribution in [3.05, 3.63) is 108 Å². The van der Waals surface area contributed by atoms with E-state index in [1.807, 2.05) is 70.5 Å². The summed E-state index contributed by atoms with van der Waals surface area (Å²) < 4.78 is 0. The van der Waals surface area contributed by atoms with E-state index in [0.717, 1.165) is 37.1 Å². The number of phenols is 4. The molecule has 0 atom stereocenters. The number of benzene rings is 4. The van der Waals surface area contributed by atoms with Gasteiger partial charge in [-0.1, -0.05) is 63.1 Å². The van der Waals surface area contributed by atoms with Crippen LogP contribution >= 0.6 is 0 Å². The van der Waals surface area contributed by atoms with Crippen LogP contribution in [0.3, 0.4) is 0 Å². The van der Waals surface area contributed by atoms with E-state index in [4.69, 9.17) is 0 Å². The van der Waals surface area contributed by atoms with E-state index >= 15 is 0 Å². The normalized spacial score (nSPS) is 12.8. The Bertz CT molecular complexity index is 1510. The average Bonchev–Trinajstić information content (AvgIpc) is 3.02. The van der Waals surface area contributed by atoms with Gasteiger partial charge in [-0.25, -0.2) is 0 Å². The van der Waals surface area contributed by atoms with Crippen molar-refractivity contribution >= 4 is 33.9 Å². The molecule has 0 bridgehead atoms. The molecule has 6 N–H and O–H groups in total. The maximum atomic E-state index is 11.1. The van der Waals surface area contributed by atoms with Crippen LogP contribution in [0.2, 0.25) is 0 Å². The standard InChI is InChI=1S/C36H38N2O6/c1-3-5-17-37(23-13-9-7-10-14-23)25-19-27(39)31(28(40)20-25)33-35(43)34(36(33)44)32-29(41)21-26(22-30(32)42)38(18-6-4-2)24-15-11-8-12-16-24/h7-16,19-22,39-44H,3-6,17-18H2,1-2H3. The minimum atomic E-state index is -0.476. The van der Waals surface area contributed by atoms with Gasteiger partial charge in [0.25, 0.3) is 0 Å². The number of nitrogens with zero attached hydrogens (tertiary/aromatic N) is 2. The van der Waals surface area contributed by atoms with Gasteiger partial charge in [0, 0.05) is 60.1 Å². The lowest BCUT2D eigenvalue weighted by Gasteiger charge is -2.29. The molecule has 0 amide bonds. The van der Waals surface area contributed by atoms with E-state index in [0.29, 0.717) is 24.5 Å². The Morgan fingerprint density at radius 1 is 0.455 bits per heavy atom. The minimum Gasteiger partial charge on any atom is -0.507 e. The number of aromatic hydroxyl groups is 4. The summed E-state index contributed by atoms with van der Waals surface area (Å²) in [5.74, 6) is -2.33. The van der Waals surface area contributed by atoms with E-state index in [1.54, 1.807) is 0 Å². The van der Waals surface area contributed by atoms with Gasteiger partial charge in [0.2, 0.25) is 0 Å². The van der Waals surface area contributed by atoms with Gasteiger partial charge in [0.15, 0.2) is 0 Å². The SMILES string of the molecule is CCCCN(c1ccccc1)c1cc(O)c(C2=C(O)C(c3c(O)cc(N(CCCC)c4ccccc4)cc3O)=C2O)c(O)c1. The Morgan fingerprint density at radius 3 is 1.07 bits per heavy atom. The molecule has 4 aromatic carbocycles. The van der Waals surface area contributed by atoms with Crippen molar-refractivity contribution < 1.29 is 30.6 Å². The van der Waals surface area contributed by atoms with Crippen LogP contribution in [0.4, 0.5) is 22.7 Å². The predicted molar refractivity (Wildman–Crippen MR) is 175 cm³/mol. The number of phenolic OH excluding ortho intramolecular Hbond substituents is 4. The lowest BCUT2D eigenvalue weighted by atomic mass is 9.83. The molecule has 1 aliphatic carbocycles. The summed E-state index contributed by atoms with van der Waals surface area (Å²) in [5.41, 5.74) is 2.20. The Kier molecular flexibility index (Phi) is 8.90. The van der Waals surface area contributed by atoms with E-state index in [9.17, 15) is 30.6 Å². The van der Waals surface area contributed by atoms with Crippen LogP contribution in [0.5, 0.6) is 23.0 Å². The molecule has 8 heteroatoms. The molecule has 0 radical (unpaired) electrons. The molecule has 0 spiro atoms. The molecule has 0 heterocycles. The highest BCUT2D eigenvalue weighted by molar-refractivity contribution is 6.10. The quantitative estimate of drug-likeness (QED) is 0.0962. The highest BCUT2D eigenvalue weighted by atomic mass is 16.3. The van der Waals surface area contributed by atoms with Crippen LogP contribution in [0.1, 0.15) is 50.7 Å². The third kappa shape index (κ3) is 5.71. The highest BCUT2D eigenvalue weighted by Gasteiger charge is 2.38. The second-order valence-electron chi connectivity index (χ2n) is 10.8. The third-order valence-corrected chi connectivity index (χ3v) is 7.84. The first-order chi connectivity index (χ1) is 21.3. The predicted octanol–water partition coefficient (Wildman–Crippen LogP) is 8.64. The zero-order valence-corrected chi connectivity index (χ0v) is 24.9. The van der Waals surface area contributed by atoms with Crippen molar-refractivity contribution in [2.45, 2.75) is 39.5 Å².